The maximum Gasteiger partial charge on any atom is 0.236 e. The highest BCUT2D eigenvalue weighted by molar-refractivity contribution is 7.99. The number of nitrogens with one attached hydrogen (secondary N) is 1. The summed E-state index contributed by atoms with van der Waals surface area (Å²) in [5, 5.41) is 12.0. The van der Waals surface area contributed by atoms with Crippen molar-refractivity contribution in [1.82, 2.24) is 19.7 Å². The summed E-state index contributed by atoms with van der Waals surface area (Å²) in [5.41, 5.74) is 0.642. The van der Waals surface area contributed by atoms with Gasteiger partial charge in [-0.05, 0) is 30.3 Å². The third-order valence-electron chi connectivity index (χ3n) is 3.70. The zero-order valence-corrected chi connectivity index (χ0v) is 16.1. The Hall–Kier alpha value is -2.98. The SMILES string of the molecule is C=CCn1c(SCC(=O)Nc2nc3ccc(F)cc3s2)nnc1-c1ccco1. The summed E-state index contributed by atoms with van der Waals surface area (Å²) in [7, 11) is 0. The van der Waals surface area contributed by atoms with E-state index in [-0.39, 0.29) is 17.5 Å². The Morgan fingerprint density at radius 2 is 2.29 bits per heavy atom. The first-order chi connectivity index (χ1) is 13.6. The van der Waals surface area contributed by atoms with Crippen molar-refractivity contribution in [2.45, 2.75) is 11.7 Å². The third-order valence-corrected chi connectivity index (χ3v) is 5.60. The standard InChI is InChI=1S/C18H14FN5O2S2/c1-2-7-24-16(13-4-3-8-26-13)22-23-18(24)27-10-15(25)21-17-20-12-6-5-11(19)9-14(12)28-17/h2-6,8-9H,1,7,10H2,(H,20,21,25). The van der Waals surface area contributed by atoms with Gasteiger partial charge in [-0.2, -0.15) is 0 Å². The summed E-state index contributed by atoms with van der Waals surface area (Å²) < 4.78 is 21.2. The predicted octanol–water partition coefficient (Wildman–Crippen LogP) is 4.20. The normalized spacial score (nSPS) is 11.0. The van der Waals surface area contributed by atoms with E-state index < -0.39 is 0 Å². The molecule has 0 saturated heterocycles. The van der Waals surface area contributed by atoms with Gasteiger partial charge in [-0.15, -0.1) is 16.8 Å². The monoisotopic (exact) mass is 415 g/mol. The Labute approximate surface area is 167 Å². The Morgan fingerprint density at radius 1 is 1.39 bits per heavy atom. The number of halogens is 1. The lowest BCUT2D eigenvalue weighted by atomic mass is 10.3. The van der Waals surface area contributed by atoms with Crippen LogP contribution < -0.4 is 5.32 Å². The molecule has 3 aromatic heterocycles. The summed E-state index contributed by atoms with van der Waals surface area (Å²) in [6.45, 7) is 4.23. The number of thiazole rings is 1. The first-order valence-electron chi connectivity index (χ1n) is 8.21. The van der Waals surface area contributed by atoms with Gasteiger partial charge in [-0.3, -0.25) is 9.36 Å². The molecule has 0 fully saturated rings. The van der Waals surface area contributed by atoms with Crippen molar-refractivity contribution in [3.8, 4) is 11.6 Å². The van der Waals surface area contributed by atoms with Gasteiger partial charge < -0.3 is 9.73 Å². The molecule has 3 heterocycles. The maximum atomic E-state index is 13.3. The fourth-order valence-corrected chi connectivity index (χ4v) is 4.17. The number of fused-ring (bicyclic) bond motifs is 1. The molecule has 0 aliphatic heterocycles. The number of allylic oxidation sites excluding steroid dienone is 1. The van der Waals surface area contributed by atoms with Crippen LogP contribution in [0.25, 0.3) is 21.8 Å². The Kier molecular flexibility index (Phi) is 5.22. The third kappa shape index (κ3) is 3.82. The molecule has 1 amide bonds. The Balaban J connectivity index is 1.45. The van der Waals surface area contributed by atoms with Crippen molar-refractivity contribution in [1.29, 1.82) is 0 Å². The molecule has 0 saturated carbocycles. The molecule has 142 valence electrons. The summed E-state index contributed by atoms with van der Waals surface area (Å²) in [6.07, 6.45) is 3.28. The average molecular weight is 415 g/mol. The van der Waals surface area contributed by atoms with Crippen LogP contribution in [0.4, 0.5) is 9.52 Å². The molecule has 0 radical (unpaired) electrons. The fourth-order valence-electron chi connectivity index (χ4n) is 2.51. The summed E-state index contributed by atoms with van der Waals surface area (Å²) >= 11 is 2.47. The second kappa shape index (κ2) is 7.95. The average Bonchev–Trinajstić information content (AvgIpc) is 3.39. The molecule has 7 nitrogen and oxygen atoms in total. The number of hydrogen-bond acceptors (Lipinski definition) is 7. The molecular formula is C18H14FN5O2S2. The first-order valence-corrected chi connectivity index (χ1v) is 10.0. The van der Waals surface area contributed by atoms with Crippen molar-refractivity contribution < 1.29 is 13.6 Å². The molecule has 4 rings (SSSR count). The maximum absolute atomic E-state index is 13.3. The van der Waals surface area contributed by atoms with Crippen LogP contribution in [-0.4, -0.2) is 31.4 Å². The number of nitrogens with zero attached hydrogens (tertiary/aromatic N) is 4. The van der Waals surface area contributed by atoms with Crippen LogP contribution in [0.3, 0.4) is 0 Å². The molecule has 0 aliphatic carbocycles. The quantitative estimate of drug-likeness (QED) is 0.360. The van der Waals surface area contributed by atoms with E-state index in [0.29, 0.717) is 38.6 Å². The lowest BCUT2D eigenvalue weighted by Crippen LogP contribution is -2.14. The zero-order chi connectivity index (χ0) is 19.5. The number of benzene rings is 1. The van der Waals surface area contributed by atoms with Gasteiger partial charge in [0.1, 0.15) is 5.82 Å². The van der Waals surface area contributed by atoms with E-state index in [2.05, 4.69) is 27.1 Å². The van der Waals surface area contributed by atoms with Crippen LogP contribution in [0, 0.1) is 5.82 Å². The van der Waals surface area contributed by atoms with Gasteiger partial charge in [-0.1, -0.05) is 29.2 Å². The number of thioether (sulfide) groups is 1. The molecule has 10 heteroatoms. The van der Waals surface area contributed by atoms with Crippen molar-refractivity contribution in [2.24, 2.45) is 0 Å². The molecule has 0 aliphatic rings. The van der Waals surface area contributed by atoms with Crippen molar-refractivity contribution in [3.63, 3.8) is 0 Å². The first kappa shape index (κ1) is 18.4. The highest BCUT2D eigenvalue weighted by atomic mass is 32.2. The van der Waals surface area contributed by atoms with Crippen molar-refractivity contribution >= 4 is 44.4 Å². The van der Waals surface area contributed by atoms with Crippen LogP contribution in [-0.2, 0) is 11.3 Å². The molecule has 1 aromatic carbocycles. The molecule has 0 atom stereocenters. The molecule has 28 heavy (non-hydrogen) atoms. The van der Waals surface area contributed by atoms with Gasteiger partial charge in [-0.25, -0.2) is 9.37 Å². The van der Waals surface area contributed by atoms with E-state index in [1.807, 2.05) is 4.57 Å². The van der Waals surface area contributed by atoms with Crippen molar-refractivity contribution in [3.05, 3.63) is 55.1 Å². The van der Waals surface area contributed by atoms with Crippen LogP contribution in [0.5, 0.6) is 0 Å². The lowest BCUT2D eigenvalue weighted by molar-refractivity contribution is -0.113. The van der Waals surface area contributed by atoms with Crippen LogP contribution in [0.2, 0.25) is 0 Å². The number of amides is 1. The Morgan fingerprint density at radius 3 is 3.07 bits per heavy atom. The largest absolute Gasteiger partial charge is 0.461 e. The Bertz CT molecular complexity index is 1140. The number of rotatable bonds is 7. The summed E-state index contributed by atoms with van der Waals surface area (Å²) in [5.74, 6) is 0.710. The van der Waals surface area contributed by atoms with E-state index in [4.69, 9.17) is 4.42 Å². The predicted molar refractivity (Wildman–Crippen MR) is 107 cm³/mol. The number of furan rings is 1. The number of anilines is 1. The topological polar surface area (TPSA) is 85.8 Å². The molecule has 0 spiro atoms. The second-order valence-corrected chi connectivity index (χ2v) is 7.62. The summed E-state index contributed by atoms with van der Waals surface area (Å²) in [6, 6.07) is 7.88. The van der Waals surface area contributed by atoms with Gasteiger partial charge >= 0.3 is 0 Å². The van der Waals surface area contributed by atoms with E-state index >= 15 is 0 Å². The van der Waals surface area contributed by atoms with Crippen LogP contribution in [0.1, 0.15) is 0 Å². The van der Waals surface area contributed by atoms with Gasteiger partial charge in [0, 0.05) is 6.54 Å². The molecular weight excluding hydrogens is 401 g/mol. The second-order valence-electron chi connectivity index (χ2n) is 5.65. The number of aromatic nitrogens is 4. The molecule has 4 aromatic rings. The van der Waals surface area contributed by atoms with Crippen LogP contribution in [0.15, 0.2) is 58.8 Å². The zero-order valence-electron chi connectivity index (χ0n) is 14.5. The lowest BCUT2D eigenvalue weighted by Gasteiger charge is -2.06. The smallest absolute Gasteiger partial charge is 0.236 e. The molecule has 0 bridgehead atoms. The number of carbonyl (C=O) groups excluding carboxylic acids is 1. The number of carbonyl (C=O) groups is 1. The fraction of sp³-hybridized carbons (Fsp3) is 0.111. The molecule has 1 N–H and O–H groups in total. The van der Waals surface area contributed by atoms with Gasteiger partial charge in [0.05, 0.1) is 22.2 Å². The minimum Gasteiger partial charge on any atom is -0.461 e. The van der Waals surface area contributed by atoms with E-state index in [0.717, 1.165) is 0 Å². The van der Waals surface area contributed by atoms with Crippen LogP contribution >= 0.6 is 23.1 Å². The van der Waals surface area contributed by atoms with Gasteiger partial charge in [0.25, 0.3) is 0 Å². The van der Waals surface area contributed by atoms with Gasteiger partial charge in [0.2, 0.25) is 11.7 Å². The van der Waals surface area contributed by atoms with Crippen molar-refractivity contribution in [2.75, 3.05) is 11.1 Å². The summed E-state index contributed by atoms with van der Waals surface area (Å²) in [4.78, 5) is 16.6. The minimum atomic E-state index is -0.335. The van der Waals surface area contributed by atoms with Gasteiger partial charge in [0.15, 0.2) is 16.0 Å². The highest BCUT2D eigenvalue weighted by Gasteiger charge is 2.17. The number of hydrogen-bond donors (Lipinski definition) is 1. The van der Waals surface area contributed by atoms with E-state index in [1.165, 1.54) is 35.2 Å². The molecule has 0 unspecified atom stereocenters. The van der Waals surface area contributed by atoms with E-state index in [9.17, 15) is 9.18 Å². The van der Waals surface area contributed by atoms with E-state index in [1.54, 1.807) is 30.5 Å². The highest BCUT2D eigenvalue weighted by Crippen LogP contribution is 2.27. The minimum absolute atomic E-state index is 0.123.